The molecule has 0 bridgehead atoms. The van der Waals surface area contributed by atoms with E-state index in [1.54, 1.807) is 38.5 Å². The lowest BCUT2D eigenvalue weighted by molar-refractivity contribution is 0.293. The van der Waals surface area contributed by atoms with E-state index < -0.39 is 10.0 Å². The highest BCUT2D eigenvalue weighted by molar-refractivity contribution is 7.92. The van der Waals surface area contributed by atoms with Crippen molar-refractivity contribution in [2.24, 2.45) is 0 Å². The van der Waals surface area contributed by atoms with Gasteiger partial charge in [0.1, 0.15) is 6.61 Å². The Kier molecular flexibility index (Phi) is 8.02. The van der Waals surface area contributed by atoms with Crippen LogP contribution < -0.4 is 23.8 Å². The molecule has 0 aliphatic rings. The number of aryl methyl sites for hydroxylation is 1. The molecule has 9 nitrogen and oxygen atoms in total. The lowest BCUT2D eigenvalue weighted by Crippen LogP contribution is -2.16. The topological polar surface area (TPSA) is 103 Å². The second kappa shape index (κ2) is 11.4. The molecule has 198 valence electrons. The summed E-state index contributed by atoms with van der Waals surface area (Å²) in [6, 6.07) is 19.7. The number of hydrogen-bond donors (Lipinski definition) is 1. The Hall–Kier alpha value is -4.31. The van der Waals surface area contributed by atoms with Gasteiger partial charge in [0.15, 0.2) is 11.5 Å². The number of hydrogen-bond acceptors (Lipinski definition) is 8. The first kappa shape index (κ1) is 26.7. The first-order valence-electron chi connectivity index (χ1n) is 11.8. The Morgan fingerprint density at radius 2 is 1.66 bits per heavy atom. The predicted molar refractivity (Wildman–Crippen MR) is 148 cm³/mol. The molecule has 1 heterocycles. The van der Waals surface area contributed by atoms with E-state index >= 15 is 0 Å². The van der Waals surface area contributed by atoms with Gasteiger partial charge in [-0.25, -0.2) is 18.4 Å². The fraction of sp³-hybridized carbons (Fsp3) is 0.214. The molecule has 0 saturated heterocycles. The van der Waals surface area contributed by atoms with Crippen molar-refractivity contribution >= 4 is 21.5 Å². The zero-order chi connectivity index (χ0) is 27.3. The number of aromatic nitrogens is 2. The van der Waals surface area contributed by atoms with Gasteiger partial charge in [-0.15, -0.1) is 0 Å². The van der Waals surface area contributed by atoms with Crippen LogP contribution in [0.15, 0.2) is 77.8 Å². The monoisotopic (exact) mass is 534 g/mol. The summed E-state index contributed by atoms with van der Waals surface area (Å²) in [5, 5.41) is 0. The van der Waals surface area contributed by atoms with Crippen LogP contribution in [-0.4, -0.2) is 46.7 Å². The van der Waals surface area contributed by atoms with E-state index in [9.17, 15) is 8.42 Å². The first-order chi connectivity index (χ1) is 18.2. The van der Waals surface area contributed by atoms with E-state index in [1.165, 1.54) is 18.3 Å². The maximum Gasteiger partial charge on any atom is 0.263 e. The molecule has 0 amide bonds. The Morgan fingerprint density at radius 1 is 0.921 bits per heavy atom. The molecule has 0 unspecified atom stereocenters. The molecule has 3 aromatic carbocycles. The van der Waals surface area contributed by atoms with Crippen molar-refractivity contribution in [3.63, 3.8) is 0 Å². The molecule has 0 aliphatic carbocycles. The van der Waals surface area contributed by atoms with Crippen LogP contribution in [0.1, 0.15) is 11.1 Å². The zero-order valence-corrected chi connectivity index (χ0v) is 22.7. The van der Waals surface area contributed by atoms with Crippen LogP contribution in [-0.2, 0) is 16.6 Å². The van der Waals surface area contributed by atoms with E-state index in [2.05, 4.69) is 14.7 Å². The molecule has 0 saturated carbocycles. The average Bonchev–Trinajstić information content (AvgIpc) is 2.92. The number of sulfonamides is 1. The number of methoxy groups -OCH3 is 2. The van der Waals surface area contributed by atoms with Crippen LogP contribution in [0.2, 0.25) is 0 Å². The van der Waals surface area contributed by atoms with Gasteiger partial charge in [0.25, 0.3) is 15.9 Å². The minimum Gasteiger partial charge on any atom is -0.493 e. The van der Waals surface area contributed by atoms with Gasteiger partial charge in [0.2, 0.25) is 5.82 Å². The number of nitrogens with zero attached hydrogens (tertiary/aromatic N) is 3. The van der Waals surface area contributed by atoms with Gasteiger partial charge in [0, 0.05) is 25.3 Å². The molecule has 0 radical (unpaired) electrons. The maximum absolute atomic E-state index is 13.1. The fourth-order valence-electron chi connectivity index (χ4n) is 3.65. The Balaban J connectivity index is 1.70. The second-order valence-corrected chi connectivity index (χ2v) is 10.4. The van der Waals surface area contributed by atoms with Gasteiger partial charge in [-0.3, -0.25) is 4.72 Å². The van der Waals surface area contributed by atoms with Gasteiger partial charge >= 0.3 is 0 Å². The summed E-state index contributed by atoms with van der Waals surface area (Å²) in [6.45, 7) is 1.98. The number of benzene rings is 3. The van der Waals surface area contributed by atoms with E-state index in [4.69, 9.17) is 14.2 Å². The molecular formula is C28H30N4O5S. The van der Waals surface area contributed by atoms with Crippen molar-refractivity contribution in [3.05, 3.63) is 84.1 Å². The third-order valence-electron chi connectivity index (χ3n) is 5.78. The van der Waals surface area contributed by atoms with Crippen LogP contribution in [0, 0.1) is 6.92 Å². The highest BCUT2D eigenvalue weighted by Gasteiger charge is 2.20. The van der Waals surface area contributed by atoms with Gasteiger partial charge in [0.05, 0.1) is 31.0 Å². The largest absolute Gasteiger partial charge is 0.493 e. The number of ether oxygens (including phenoxy) is 3. The summed E-state index contributed by atoms with van der Waals surface area (Å²) in [7, 11) is 3.09. The molecule has 38 heavy (non-hydrogen) atoms. The molecule has 10 heteroatoms. The van der Waals surface area contributed by atoms with Crippen LogP contribution in [0.4, 0.5) is 11.5 Å². The van der Waals surface area contributed by atoms with Gasteiger partial charge in [-0.05, 0) is 48.9 Å². The smallest absolute Gasteiger partial charge is 0.263 e. The summed E-state index contributed by atoms with van der Waals surface area (Å²) in [6.07, 6.45) is 1.52. The Labute approximate surface area is 223 Å². The van der Waals surface area contributed by atoms with E-state index in [0.29, 0.717) is 17.2 Å². The van der Waals surface area contributed by atoms with E-state index in [-0.39, 0.29) is 23.2 Å². The van der Waals surface area contributed by atoms with Crippen molar-refractivity contribution in [1.82, 2.24) is 9.97 Å². The highest BCUT2D eigenvalue weighted by atomic mass is 32.2. The Morgan fingerprint density at radius 3 is 2.34 bits per heavy atom. The SMILES string of the molecule is COc1ccc(COc2nc(-c3cccc(N(C)C)c3)cnc2NS(=O)(=O)c2ccc(C)cc2)cc1OC. The van der Waals surface area contributed by atoms with Crippen LogP contribution in [0.25, 0.3) is 11.3 Å². The van der Waals surface area contributed by atoms with E-state index in [1.807, 2.05) is 56.3 Å². The lowest BCUT2D eigenvalue weighted by Gasteiger charge is -2.16. The molecule has 4 aromatic rings. The molecule has 1 N–H and O–H groups in total. The zero-order valence-electron chi connectivity index (χ0n) is 21.9. The van der Waals surface area contributed by atoms with Crippen molar-refractivity contribution in [1.29, 1.82) is 0 Å². The summed E-state index contributed by atoms with van der Waals surface area (Å²) in [5.41, 5.74) is 4.06. The summed E-state index contributed by atoms with van der Waals surface area (Å²) < 4.78 is 45.4. The molecule has 0 fully saturated rings. The van der Waals surface area contributed by atoms with Crippen LogP contribution >= 0.6 is 0 Å². The molecule has 4 rings (SSSR count). The quantitative estimate of drug-likeness (QED) is 0.306. The molecule has 1 aromatic heterocycles. The third kappa shape index (κ3) is 6.15. The van der Waals surface area contributed by atoms with E-state index in [0.717, 1.165) is 22.4 Å². The van der Waals surface area contributed by atoms with Crippen molar-refractivity contribution in [2.45, 2.75) is 18.4 Å². The highest BCUT2D eigenvalue weighted by Crippen LogP contribution is 2.31. The minimum absolute atomic E-state index is 0.0152. The van der Waals surface area contributed by atoms with Gasteiger partial charge < -0.3 is 19.1 Å². The summed E-state index contributed by atoms with van der Waals surface area (Å²) >= 11 is 0. The molecule has 0 aliphatic heterocycles. The second-order valence-electron chi connectivity index (χ2n) is 8.75. The number of nitrogens with one attached hydrogen (secondary N) is 1. The summed E-state index contributed by atoms with van der Waals surface area (Å²) in [5.74, 6) is 1.17. The lowest BCUT2D eigenvalue weighted by atomic mass is 10.1. The average molecular weight is 535 g/mol. The standard InChI is InChI=1S/C28H30N4O5S/c1-19-9-12-23(13-10-19)38(33,34)31-27-28(37-18-20-11-14-25(35-4)26(15-20)36-5)30-24(17-29-27)21-7-6-8-22(16-21)32(2)3/h6-17H,18H2,1-5H3,(H,29,31). The predicted octanol–water partition coefficient (Wildman–Crippen LogP) is 4.92. The fourth-order valence-corrected chi connectivity index (χ4v) is 4.66. The van der Waals surface area contributed by atoms with Crippen LogP contribution in [0.5, 0.6) is 17.4 Å². The third-order valence-corrected chi connectivity index (χ3v) is 7.14. The van der Waals surface area contributed by atoms with Crippen LogP contribution in [0.3, 0.4) is 0 Å². The van der Waals surface area contributed by atoms with Gasteiger partial charge in [-0.2, -0.15) is 0 Å². The molecular weight excluding hydrogens is 504 g/mol. The first-order valence-corrected chi connectivity index (χ1v) is 13.3. The molecule has 0 spiro atoms. The molecule has 0 atom stereocenters. The van der Waals surface area contributed by atoms with Gasteiger partial charge in [-0.1, -0.05) is 35.9 Å². The van der Waals surface area contributed by atoms with Crippen molar-refractivity contribution in [2.75, 3.05) is 37.9 Å². The maximum atomic E-state index is 13.1. The van der Waals surface area contributed by atoms with Crippen molar-refractivity contribution < 1.29 is 22.6 Å². The number of anilines is 2. The minimum atomic E-state index is -3.93. The Bertz CT molecular complexity index is 1520. The number of rotatable bonds is 10. The van der Waals surface area contributed by atoms with Crippen molar-refractivity contribution in [3.8, 4) is 28.6 Å². The summed E-state index contributed by atoms with van der Waals surface area (Å²) in [4.78, 5) is 11.1. The normalized spacial score (nSPS) is 11.1.